The average molecular weight is 629 g/mol. The molecule has 1 aliphatic carbocycles. The van der Waals surface area contributed by atoms with Gasteiger partial charge in [0, 0.05) is 19.2 Å². The lowest BCUT2D eigenvalue weighted by Crippen LogP contribution is -2.44. The van der Waals surface area contributed by atoms with Crippen molar-refractivity contribution in [3.63, 3.8) is 0 Å². The second-order valence-corrected chi connectivity index (χ2v) is 15.6. The number of likely N-dealkylation sites (tertiary alicyclic amines) is 1. The van der Waals surface area contributed by atoms with Gasteiger partial charge in [0.1, 0.15) is 15.9 Å². The molecular formula is C31H40N4O6S2. The first-order valence-electron chi connectivity index (χ1n) is 14.9. The van der Waals surface area contributed by atoms with Crippen molar-refractivity contribution in [1.82, 2.24) is 14.9 Å². The molecule has 1 saturated carbocycles. The number of benzene rings is 1. The Bertz CT molecular complexity index is 1550. The number of methoxy groups -OCH3 is 1. The molecule has 2 fully saturated rings. The van der Waals surface area contributed by atoms with Gasteiger partial charge in [-0.2, -0.15) is 0 Å². The highest BCUT2D eigenvalue weighted by Crippen LogP contribution is 2.36. The van der Waals surface area contributed by atoms with E-state index in [-0.39, 0.29) is 10.8 Å². The van der Waals surface area contributed by atoms with Crippen molar-refractivity contribution in [3.8, 4) is 5.88 Å². The van der Waals surface area contributed by atoms with Gasteiger partial charge in [0.05, 0.1) is 23.2 Å². The third kappa shape index (κ3) is 7.46. The molecule has 12 heteroatoms. The number of carbonyl (C=O) groups excluding carboxylic acids is 2. The molecule has 1 N–H and O–H groups in total. The summed E-state index contributed by atoms with van der Waals surface area (Å²) in [6, 6.07) is 10.3. The number of thiazole rings is 1. The summed E-state index contributed by atoms with van der Waals surface area (Å²) in [5.41, 5.74) is 0.859. The van der Waals surface area contributed by atoms with Crippen molar-refractivity contribution < 1.29 is 27.5 Å². The highest BCUT2D eigenvalue weighted by atomic mass is 32.2. The molecule has 0 radical (unpaired) electrons. The fourth-order valence-electron chi connectivity index (χ4n) is 5.89. The zero-order valence-electron chi connectivity index (χ0n) is 25.2. The van der Waals surface area contributed by atoms with Crippen LogP contribution in [-0.2, 0) is 19.4 Å². The number of carbonyl (C=O) groups is 2. The topological polar surface area (TPSA) is 128 Å². The van der Waals surface area contributed by atoms with Gasteiger partial charge in [-0.1, -0.05) is 49.2 Å². The molecule has 5 rings (SSSR count). The number of piperidine rings is 1. The summed E-state index contributed by atoms with van der Waals surface area (Å²) in [5.74, 6) is 0.321. The van der Waals surface area contributed by atoms with Crippen molar-refractivity contribution in [2.24, 2.45) is 5.92 Å². The molecule has 2 aliphatic rings. The minimum absolute atomic E-state index is 0.164. The highest BCUT2D eigenvalue weighted by Gasteiger charge is 2.35. The molecule has 0 spiro atoms. The van der Waals surface area contributed by atoms with Gasteiger partial charge in [-0.05, 0) is 69.7 Å². The number of nitrogens with one attached hydrogen (secondary N) is 1. The van der Waals surface area contributed by atoms with E-state index in [0.29, 0.717) is 59.6 Å². The number of nitrogens with zero attached hydrogens (tertiary/aromatic N) is 3. The van der Waals surface area contributed by atoms with Crippen molar-refractivity contribution in [2.45, 2.75) is 87.4 Å². The van der Waals surface area contributed by atoms with Crippen LogP contribution >= 0.6 is 11.3 Å². The van der Waals surface area contributed by atoms with E-state index in [9.17, 15) is 18.0 Å². The monoisotopic (exact) mass is 628 g/mol. The lowest BCUT2D eigenvalue weighted by Gasteiger charge is -2.33. The van der Waals surface area contributed by atoms with Gasteiger partial charge in [-0.3, -0.25) is 4.79 Å². The standard InChI is InChI=1S/C31H40N4O6S2/c1-31(2,3)41-30(37)35-17-15-23(16-18-35)43(38,39)22-11-9-21(10-12-22)24(19-20-7-5-6-8-20)27(36)34-29-32-25-13-14-26(40-4)33-28(25)42-29/h9-14,20,23-24H,5-8,15-19H2,1-4H3,(H,32,34,36). The van der Waals surface area contributed by atoms with Crippen LogP contribution in [0.15, 0.2) is 41.3 Å². The molecule has 2 aromatic heterocycles. The van der Waals surface area contributed by atoms with E-state index < -0.39 is 32.7 Å². The maximum atomic E-state index is 13.7. The van der Waals surface area contributed by atoms with E-state index in [0.717, 1.165) is 31.2 Å². The summed E-state index contributed by atoms with van der Waals surface area (Å²) in [4.78, 5) is 37.5. The van der Waals surface area contributed by atoms with E-state index >= 15 is 0 Å². The number of pyridine rings is 1. The summed E-state index contributed by atoms with van der Waals surface area (Å²) in [5, 5.41) is 2.88. The molecule has 1 atom stereocenters. The average Bonchev–Trinajstić information content (AvgIpc) is 3.64. The predicted octanol–water partition coefficient (Wildman–Crippen LogP) is 6.18. The number of hydrogen-bond donors (Lipinski definition) is 1. The number of hydrogen-bond acceptors (Lipinski definition) is 9. The smallest absolute Gasteiger partial charge is 0.410 e. The van der Waals surface area contributed by atoms with Crippen molar-refractivity contribution >= 4 is 48.7 Å². The Balaban J connectivity index is 1.29. The Kier molecular flexibility index (Phi) is 9.26. The lowest BCUT2D eigenvalue weighted by molar-refractivity contribution is -0.118. The first-order chi connectivity index (χ1) is 20.4. The van der Waals surface area contributed by atoms with Crippen LogP contribution in [0.2, 0.25) is 0 Å². The van der Waals surface area contributed by atoms with E-state index in [4.69, 9.17) is 9.47 Å². The third-order valence-corrected chi connectivity index (χ3v) is 11.3. The molecule has 2 amide bonds. The summed E-state index contributed by atoms with van der Waals surface area (Å²) in [6.45, 7) is 6.08. The number of anilines is 1. The highest BCUT2D eigenvalue weighted by molar-refractivity contribution is 7.92. The predicted molar refractivity (Wildman–Crippen MR) is 166 cm³/mol. The normalized spacial score (nSPS) is 17.6. The van der Waals surface area contributed by atoms with Crippen LogP contribution in [0.5, 0.6) is 5.88 Å². The number of sulfone groups is 1. The molecule has 232 valence electrons. The molecule has 0 bridgehead atoms. The fraction of sp³-hybridized carbons (Fsp3) is 0.548. The number of rotatable bonds is 8. The van der Waals surface area contributed by atoms with Crippen LogP contribution in [0, 0.1) is 5.92 Å². The first-order valence-corrected chi connectivity index (χ1v) is 17.2. The number of fused-ring (bicyclic) bond motifs is 1. The SMILES string of the molecule is COc1ccc2nc(NC(=O)C(CC3CCCC3)c3ccc(S(=O)(=O)C4CCN(C(=O)OC(C)(C)C)CC4)cc3)sc2n1. The molecule has 1 saturated heterocycles. The lowest BCUT2D eigenvalue weighted by atomic mass is 9.87. The Morgan fingerprint density at radius 1 is 1.02 bits per heavy atom. The van der Waals surface area contributed by atoms with Gasteiger partial charge >= 0.3 is 6.09 Å². The minimum atomic E-state index is -3.61. The molecule has 3 aromatic rings. The molecule has 3 heterocycles. The van der Waals surface area contributed by atoms with Crippen LogP contribution in [-0.4, -0.2) is 66.3 Å². The van der Waals surface area contributed by atoms with Crippen LogP contribution in [0.4, 0.5) is 9.93 Å². The van der Waals surface area contributed by atoms with Crippen molar-refractivity contribution in [1.29, 1.82) is 0 Å². The Hall–Kier alpha value is -3.25. The Morgan fingerprint density at radius 3 is 2.33 bits per heavy atom. The summed E-state index contributed by atoms with van der Waals surface area (Å²) in [6.07, 6.45) is 5.46. The summed E-state index contributed by atoms with van der Waals surface area (Å²) in [7, 11) is -2.05. The summed E-state index contributed by atoms with van der Waals surface area (Å²) < 4.78 is 37.7. The van der Waals surface area contributed by atoms with E-state index in [1.54, 1.807) is 42.3 Å². The summed E-state index contributed by atoms with van der Waals surface area (Å²) >= 11 is 1.29. The van der Waals surface area contributed by atoms with Gasteiger partial charge < -0.3 is 19.7 Å². The molecule has 1 aromatic carbocycles. The quantitative estimate of drug-likeness (QED) is 0.314. The van der Waals surface area contributed by atoms with Crippen LogP contribution < -0.4 is 10.1 Å². The van der Waals surface area contributed by atoms with E-state index in [1.807, 2.05) is 26.8 Å². The van der Waals surface area contributed by atoms with Crippen LogP contribution in [0.1, 0.15) is 77.2 Å². The maximum absolute atomic E-state index is 13.7. The minimum Gasteiger partial charge on any atom is -0.481 e. The van der Waals surface area contributed by atoms with Crippen molar-refractivity contribution in [3.05, 3.63) is 42.0 Å². The molecule has 1 aliphatic heterocycles. The first kappa shape index (κ1) is 31.2. The fourth-order valence-corrected chi connectivity index (χ4v) is 8.46. The number of ether oxygens (including phenoxy) is 2. The van der Waals surface area contributed by atoms with Crippen molar-refractivity contribution in [2.75, 3.05) is 25.5 Å². The van der Waals surface area contributed by atoms with Gasteiger partial charge in [0.2, 0.25) is 11.8 Å². The van der Waals surface area contributed by atoms with E-state index in [2.05, 4.69) is 15.3 Å². The van der Waals surface area contributed by atoms with Crippen LogP contribution in [0.3, 0.4) is 0 Å². The maximum Gasteiger partial charge on any atom is 0.410 e. The molecule has 43 heavy (non-hydrogen) atoms. The van der Waals surface area contributed by atoms with E-state index in [1.165, 1.54) is 11.3 Å². The Labute approximate surface area is 257 Å². The number of amides is 2. The van der Waals surface area contributed by atoms with Gasteiger partial charge in [0.15, 0.2) is 15.0 Å². The Morgan fingerprint density at radius 2 is 1.70 bits per heavy atom. The second kappa shape index (κ2) is 12.8. The zero-order chi connectivity index (χ0) is 30.8. The molecular weight excluding hydrogens is 588 g/mol. The van der Waals surface area contributed by atoms with Gasteiger partial charge in [-0.25, -0.2) is 23.2 Å². The molecule has 10 nitrogen and oxygen atoms in total. The van der Waals surface area contributed by atoms with Gasteiger partial charge in [0.25, 0.3) is 0 Å². The largest absolute Gasteiger partial charge is 0.481 e. The van der Waals surface area contributed by atoms with Crippen LogP contribution in [0.25, 0.3) is 10.3 Å². The number of aromatic nitrogens is 2. The zero-order valence-corrected chi connectivity index (χ0v) is 26.8. The molecule has 1 unspecified atom stereocenters. The second-order valence-electron chi connectivity index (χ2n) is 12.4. The third-order valence-electron chi connectivity index (χ3n) is 8.17. The van der Waals surface area contributed by atoms with Gasteiger partial charge in [-0.15, -0.1) is 0 Å².